The molecule has 0 amide bonds. The van der Waals surface area contributed by atoms with E-state index in [1.165, 1.54) is 7.11 Å². The summed E-state index contributed by atoms with van der Waals surface area (Å²) in [6.07, 6.45) is 0.576. The Kier molecular flexibility index (Phi) is 5.31. The van der Waals surface area contributed by atoms with Crippen LogP contribution in [0.25, 0.3) is 0 Å². The van der Waals surface area contributed by atoms with Gasteiger partial charge >= 0.3 is 5.97 Å². The highest BCUT2D eigenvalue weighted by Crippen LogP contribution is 2.08. The smallest absolute Gasteiger partial charge is 0.364 e. The molecule has 7 nitrogen and oxygen atoms in total. The summed E-state index contributed by atoms with van der Waals surface area (Å²) in [4.78, 5) is 12.9. The zero-order valence-corrected chi connectivity index (χ0v) is 15.2. The number of carbonyl (C=O) groups excluding carboxylic acids is 1. The molecule has 1 aliphatic heterocycles. The number of rotatable bonds is 5. The van der Waals surface area contributed by atoms with Gasteiger partial charge in [-0.15, -0.1) is 0 Å². The SMILES string of the molecule is COC(=O)[C@@H]1C[C@H](O)C[NH+]1Cn1nc(Cc2ccccc2)n(C)c1=S. The number of nitrogens with one attached hydrogen (secondary N) is 1. The lowest BCUT2D eigenvalue weighted by Gasteiger charge is -2.18. The fraction of sp³-hybridized carbons (Fsp3) is 0.471. The summed E-state index contributed by atoms with van der Waals surface area (Å²) in [6, 6.07) is 9.70. The van der Waals surface area contributed by atoms with Gasteiger partial charge in [-0.1, -0.05) is 30.3 Å². The Morgan fingerprint density at radius 2 is 2.16 bits per heavy atom. The van der Waals surface area contributed by atoms with Crippen molar-refractivity contribution >= 4 is 18.2 Å². The highest BCUT2D eigenvalue weighted by molar-refractivity contribution is 7.71. The number of esters is 1. The molecule has 3 rings (SSSR count). The summed E-state index contributed by atoms with van der Waals surface area (Å²) < 4.78 is 9.08. The summed E-state index contributed by atoms with van der Waals surface area (Å²) in [5, 5.41) is 14.6. The van der Waals surface area contributed by atoms with Gasteiger partial charge in [-0.05, 0) is 17.8 Å². The molecule has 1 saturated heterocycles. The molecule has 25 heavy (non-hydrogen) atoms. The number of aromatic nitrogens is 3. The fourth-order valence-electron chi connectivity index (χ4n) is 3.31. The number of benzene rings is 1. The molecule has 134 valence electrons. The van der Waals surface area contributed by atoms with E-state index < -0.39 is 6.10 Å². The maximum absolute atomic E-state index is 11.9. The van der Waals surface area contributed by atoms with Crippen LogP contribution in [0.3, 0.4) is 0 Å². The second kappa shape index (κ2) is 7.47. The van der Waals surface area contributed by atoms with Gasteiger partial charge in [0.05, 0.1) is 7.11 Å². The van der Waals surface area contributed by atoms with Crippen molar-refractivity contribution in [1.29, 1.82) is 0 Å². The third-order valence-electron chi connectivity index (χ3n) is 4.67. The molecule has 0 radical (unpaired) electrons. The van der Waals surface area contributed by atoms with E-state index in [2.05, 4.69) is 17.2 Å². The quantitative estimate of drug-likeness (QED) is 0.563. The molecular weight excluding hydrogens is 340 g/mol. The van der Waals surface area contributed by atoms with E-state index >= 15 is 0 Å². The highest BCUT2D eigenvalue weighted by Gasteiger charge is 2.41. The number of nitrogens with zero attached hydrogens (tertiary/aromatic N) is 3. The number of methoxy groups -OCH3 is 1. The summed E-state index contributed by atoms with van der Waals surface area (Å²) in [7, 11) is 3.27. The summed E-state index contributed by atoms with van der Waals surface area (Å²) in [6.45, 7) is 0.907. The molecule has 1 aromatic carbocycles. The normalized spacial score (nSPS) is 22.9. The van der Waals surface area contributed by atoms with Crippen LogP contribution in [0.1, 0.15) is 17.8 Å². The van der Waals surface area contributed by atoms with Crippen molar-refractivity contribution in [2.24, 2.45) is 7.05 Å². The van der Waals surface area contributed by atoms with E-state index in [0.717, 1.165) is 16.3 Å². The van der Waals surface area contributed by atoms with Crippen molar-refractivity contribution in [1.82, 2.24) is 14.3 Å². The Labute approximate surface area is 151 Å². The molecule has 0 bridgehead atoms. The van der Waals surface area contributed by atoms with Crippen LogP contribution in [0.2, 0.25) is 0 Å². The molecule has 1 unspecified atom stereocenters. The number of hydrogen-bond donors (Lipinski definition) is 2. The predicted octanol–water partition coefficient (Wildman–Crippen LogP) is -0.310. The maximum atomic E-state index is 11.9. The zero-order valence-electron chi connectivity index (χ0n) is 14.4. The van der Waals surface area contributed by atoms with Gasteiger partial charge in [0.1, 0.15) is 18.5 Å². The molecule has 0 aliphatic carbocycles. The molecule has 0 spiro atoms. The molecule has 0 saturated carbocycles. The molecule has 8 heteroatoms. The van der Waals surface area contributed by atoms with E-state index in [-0.39, 0.29) is 12.0 Å². The third kappa shape index (κ3) is 3.81. The number of carbonyl (C=O) groups is 1. The van der Waals surface area contributed by atoms with E-state index in [1.807, 2.05) is 29.8 Å². The number of hydrogen-bond acceptors (Lipinski definition) is 5. The average Bonchev–Trinajstić information content (AvgIpc) is 3.10. The van der Waals surface area contributed by atoms with Crippen molar-refractivity contribution in [3.05, 3.63) is 46.5 Å². The summed E-state index contributed by atoms with van der Waals surface area (Å²) in [5.74, 6) is 0.559. The summed E-state index contributed by atoms with van der Waals surface area (Å²) in [5.41, 5.74) is 1.16. The van der Waals surface area contributed by atoms with Crippen LogP contribution < -0.4 is 4.90 Å². The van der Waals surface area contributed by atoms with Gasteiger partial charge in [-0.25, -0.2) is 4.79 Å². The van der Waals surface area contributed by atoms with Crippen LogP contribution in [0.4, 0.5) is 0 Å². The van der Waals surface area contributed by atoms with Gasteiger partial charge in [0, 0.05) is 19.9 Å². The maximum Gasteiger partial charge on any atom is 0.364 e. The van der Waals surface area contributed by atoms with Gasteiger partial charge in [0.2, 0.25) is 4.77 Å². The fourth-order valence-corrected chi connectivity index (χ4v) is 3.52. The monoisotopic (exact) mass is 363 g/mol. The van der Waals surface area contributed by atoms with E-state index in [4.69, 9.17) is 17.0 Å². The second-order valence-corrected chi connectivity index (χ2v) is 6.77. The van der Waals surface area contributed by atoms with Crippen molar-refractivity contribution in [3.8, 4) is 0 Å². The van der Waals surface area contributed by atoms with Crippen LogP contribution in [0.15, 0.2) is 30.3 Å². The molecule has 1 fully saturated rings. The molecule has 3 atom stereocenters. The number of ether oxygens (including phenoxy) is 1. The van der Waals surface area contributed by atoms with E-state index in [0.29, 0.717) is 30.8 Å². The van der Waals surface area contributed by atoms with Crippen molar-refractivity contribution in [3.63, 3.8) is 0 Å². The largest absolute Gasteiger partial charge is 0.465 e. The first kappa shape index (κ1) is 17.8. The molecule has 1 aliphatic rings. The Morgan fingerprint density at radius 1 is 1.44 bits per heavy atom. The second-order valence-electron chi connectivity index (χ2n) is 6.41. The van der Waals surface area contributed by atoms with Crippen LogP contribution in [0, 0.1) is 4.77 Å². The van der Waals surface area contributed by atoms with Crippen LogP contribution >= 0.6 is 12.2 Å². The molecular formula is C17H23N4O3S+. The van der Waals surface area contributed by atoms with Crippen LogP contribution in [-0.4, -0.2) is 51.2 Å². The zero-order chi connectivity index (χ0) is 18.0. The van der Waals surface area contributed by atoms with Gasteiger partial charge in [0.15, 0.2) is 12.7 Å². The first-order chi connectivity index (χ1) is 12.0. The molecule has 2 N–H and O–H groups in total. The van der Waals surface area contributed by atoms with Crippen LogP contribution in [0.5, 0.6) is 0 Å². The molecule has 1 aromatic heterocycles. The number of quaternary nitrogens is 1. The number of aliphatic hydroxyl groups excluding tert-OH is 1. The Morgan fingerprint density at radius 3 is 2.84 bits per heavy atom. The predicted molar refractivity (Wildman–Crippen MR) is 93.5 cm³/mol. The first-order valence-electron chi connectivity index (χ1n) is 8.26. The number of aliphatic hydroxyl groups is 1. The standard InChI is InChI=1S/C17H22N4O3S/c1-19-15(8-12-6-4-3-5-7-12)18-21(17(19)25)11-20-10-13(22)9-14(20)16(23)24-2/h3-7,13-14,22H,8-11H2,1-2H3/p+1/t13-,14-/m0/s1. The first-order valence-corrected chi connectivity index (χ1v) is 8.67. The lowest BCUT2D eigenvalue weighted by molar-refractivity contribution is -0.928. The number of likely N-dealkylation sites (tertiary alicyclic amines) is 1. The molecule has 2 aromatic rings. The van der Waals surface area contributed by atoms with E-state index in [1.54, 1.807) is 4.68 Å². The Balaban J connectivity index is 1.80. The minimum atomic E-state index is -0.513. The lowest BCUT2D eigenvalue weighted by Crippen LogP contribution is -3.14. The minimum absolute atomic E-state index is 0.307. The topological polar surface area (TPSA) is 73.7 Å². The van der Waals surface area contributed by atoms with Gasteiger partial charge in [-0.3, -0.25) is 0 Å². The average molecular weight is 363 g/mol. The summed E-state index contributed by atoms with van der Waals surface area (Å²) >= 11 is 5.50. The molecule has 2 heterocycles. The lowest BCUT2D eigenvalue weighted by atomic mass is 10.1. The van der Waals surface area contributed by atoms with Crippen LogP contribution in [-0.2, 0) is 29.7 Å². The van der Waals surface area contributed by atoms with Gasteiger partial charge in [-0.2, -0.15) is 9.78 Å². The Hall–Kier alpha value is -2.03. The van der Waals surface area contributed by atoms with Gasteiger partial charge in [0.25, 0.3) is 0 Å². The highest BCUT2D eigenvalue weighted by atomic mass is 32.1. The Bertz CT molecular complexity index is 802. The van der Waals surface area contributed by atoms with Crippen molar-refractivity contribution in [2.75, 3.05) is 13.7 Å². The van der Waals surface area contributed by atoms with Crippen molar-refractivity contribution < 1.29 is 19.5 Å². The minimum Gasteiger partial charge on any atom is -0.465 e. The van der Waals surface area contributed by atoms with Crippen molar-refractivity contribution in [2.45, 2.75) is 31.7 Å². The van der Waals surface area contributed by atoms with E-state index in [9.17, 15) is 9.90 Å². The third-order valence-corrected chi connectivity index (χ3v) is 5.16. The van der Waals surface area contributed by atoms with Gasteiger partial charge < -0.3 is 19.3 Å².